The highest BCUT2D eigenvalue weighted by atomic mass is 16.6. The van der Waals surface area contributed by atoms with Crippen molar-refractivity contribution in [1.82, 2.24) is 4.90 Å². The summed E-state index contributed by atoms with van der Waals surface area (Å²) in [6, 6.07) is -0.535. The number of primary amides is 1. The van der Waals surface area contributed by atoms with E-state index in [9.17, 15) is 9.59 Å². The molecule has 0 aliphatic heterocycles. The number of amides is 1. The van der Waals surface area contributed by atoms with E-state index in [0.29, 0.717) is 13.2 Å². The maximum Gasteiger partial charge on any atom is 0.320 e. The maximum atomic E-state index is 11.7. The Morgan fingerprint density at radius 3 is 2.28 bits per heavy atom. The van der Waals surface area contributed by atoms with Crippen LogP contribution >= 0.6 is 0 Å². The molecule has 0 aliphatic carbocycles. The van der Waals surface area contributed by atoms with Crippen molar-refractivity contribution in [3.8, 4) is 0 Å². The Bertz CT molecular complexity index is 286. The highest BCUT2D eigenvalue weighted by Gasteiger charge is 2.24. The highest BCUT2D eigenvalue weighted by molar-refractivity contribution is 5.80. The molecule has 1 unspecified atom stereocenters. The van der Waals surface area contributed by atoms with Gasteiger partial charge in [0.25, 0.3) is 0 Å². The Morgan fingerprint density at radius 2 is 1.89 bits per heavy atom. The molecule has 0 heterocycles. The zero-order valence-electron chi connectivity index (χ0n) is 11.9. The van der Waals surface area contributed by atoms with E-state index in [1.165, 1.54) is 0 Å². The van der Waals surface area contributed by atoms with Gasteiger partial charge in [-0.3, -0.25) is 14.5 Å². The number of nitrogens with two attached hydrogens (primary N) is 1. The predicted molar refractivity (Wildman–Crippen MR) is 68.0 cm³/mol. The molecule has 0 spiro atoms. The first-order valence-corrected chi connectivity index (χ1v) is 5.91. The molecular formula is C12H24N2O4. The van der Waals surface area contributed by atoms with Gasteiger partial charge in [0.1, 0.15) is 5.60 Å². The van der Waals surface area contributed by atoms with E-state index in [2.05, 4.69) is 0 Å². The zero-order chi connectivity index (χ0) is 14.3. The van der Waals surface area contributed by atoms with Crippen LogP contribution in [0.3, 0.4) is 0 Å². The number of nitrogens with zero attached hydrogens (tertiary/aromatic N) is 1. The Balaban J connectivity index is 4.49. The van der Waals surface area contributed by atoms with Gasteiger partial charge < -0.3 is 15.2 Å². The zero-order valence-corrected chi connectivity index (χ0v) is 11.9. The molecule has 1 amide bonds. The Kier molecular flexibility index (Phi) is 6.86. The lowest BCUT2D eigenvalue weighted by Crippen LogP contribution is -2.47. The van der Waals surface area contributed by atoms with Crippen molar-refractivity contribution in [1.29, 1.82) is 0 Å². The van der Waals surface area contributed by atoms with E-state index in [1.54, 1.807) is 39.7 Å². The van der Waals surface area contributed by atoms with E-state index in [0.717, 1.165) is 0 Å². The third-order valence-electron chi connectivity index (χ3n) is 2.29. The molecule has 0 aromatic rings. The van der Waals surface area contributed by atoms with E-state index >= 15 is 0 Å². The molecule has 0 rings (SSSR count). The number of carbonyl (C=O) groups excluding carboxylic acids is 2. The topological polar surface area (TPSA) is 81.9 Å². The second-order valence-corrected chi connectivity index (χ2v) is 5.13. The number of hydrogen-bond donors (Lipinski definition) is 1. The summed E-state index contributed by atoms with van der Waals surface area (Å²) in [4.78, 5) is 24.5. The number of esters is 1. The van der Waals surface area contributed by atoms with Crippen LogP contribution < -0.4 is 5.73 Å². The van der Waals surface area contributed by atoms with Gasteiger partial charge in [0, 0.05) is 13.7 Å². The molecule has 0 aromatic carbocycles. The standard InChI is InChI=1S/C12H24N2O4/c1-9(11(13)16)14(6-7-17-5)8-10(15)18-12(2,3)4/h9H,6-8H2,1-5H3,(H2,13,16). The Morgan fingerprint density at radius 1 is 1.33 bits per heavy atom. The fourth-order valence-electron chi connectivity index (χ4n) is 1.34. The highest BCUT2D eigenvalue weighted by Crippen LogP contribution is 2.08. The second-order valence-electron chi connectivity index (χ2n) is 5.13. The summed E-state index contributed by atoms with van der Waals surface area (Å²) in [5.74, 6) is -0.860. The average molecular weight is 260 g/mol. The van der Waals surface area contributed by atoms with Crippen molar-refractivity contribution < 1.29 is 19.1 Å². The maximum absolute atomic E-state index is 11.7. The molecule has 0 aromatic heterocycles. The summed E-state index contributed by atoms with van der Waals surface area (Å²) in [7, 11) is 1.56. The van der Waals surface area contributed by atoms with E-state index < -0.39 is 17.6 Å². The lowest BCUT2D eigenvalue weighted by atomic mass is 10.2. The van der Waals surface area contributed by atoms with Crippen LogP contribution in [0.2, 0.25) is 0 Å². The fraction of sp³-hybridized carbons (Fsp3) is 0.833. The quantitative estimate of drug-likeness (QED) is 0.659. The minimum atomic E-state index is -0.542. The van der Waals surface area contributed by atoms with Gasteiger partial charge in [0.15, 0.2) is 0 Å². The molecule has 106 valence electrons. The molecule has 0 saturated heterocycles. The van der Waals surface area contributed by atoms with Crippen LogP contribution in [0.1, 0.15) is 27.7 Å². The summed E-state index contributed by atoms with van der Waals surface area (Å²) >= 11 is 0. The molecule has 6 heteroatoms. The van der Waals surface area contributed by atoms with Crippen LogP contribution in [0.15, 0.2) is 0 Å². The summed E-state index contributed by atoms with van der Waals surface area (Å²) < 4.78 is 10.1. The number of carbonyl (C=O) groups is 2. The average Bonchev–Trinajstić information content (AvgIpc) is 2.20. The van der Waals surface area contributed by atoms with Gasteiger partial charge >= 0.3 is 5.97 Å². The van der Waals surface area contributed by atoms with Gasteiger partial charge in [-0.25, -0.2) is 0 Å². The predicted octanol–water partition coefficient (Wildman–Crippen LogP) is 0.150. The lowest BCUT2D eigenvalue weighted by molar-refractivity contribution is -0.157. The van der Waals surface area contributed by atoms with Crippen molar-refractivity contribution in [2.24, 2.45) is 5.73 Å². The lowest BCUT2D eigenvalue weighted by Gasteiger charge is -2.27. The summed E-state index contributed by atoms with van der Waals surface area (Å²) in [6.07, 6.45) is 0. The summed E-state index contributed by atoms with van der Waals surface area (Å²) in [5.41, 5.74) is 4.70. The van der Waals surface area contributed by atoms with Gasteiger partial charge in [0.2, 0.25) is 5.91 Å². The summed E-state index contributed by atoms with van der Waals surface area (Å²) in [6.45, 7) is 7.92. The van der Waals surface area contributed by atoms with Gasteiger partial charge in [-0.15, -0.1) is 0 Å². The van der Waals surface area contributed by atoms with Gasteiger partial charge in [-0.2, -0.15) is 0 Å². The van der Waals surface area contributed by atoms with Crippen molar-refractivity contribution in [3.05, 3.63) is 0 Å². The first-order valence-electron chi connectivity index (χ1n) is 5.91. The molecule has 1 atom stereocenters. The number of rotatable bonds is 7. The molecule has 0 aliphatic rings. The van der Waals surface area contributed by atoms with E-state index in [4.69, 9.17) is 15.2 Å². The molecule has 18 heavy (non-hydrogen) atoms. The van der Waals surface area contributed by atoms with E-state index in [-0.39, 0.29) is 12.5 Å². The van der Waals surface area contributed by atoms with Crippen LogP contribution in [-0.2, 0) is 19.1 Å². The van der Waals surface area contributed by atoms with Crippen LogP contribution in [0, 0.1) is 0 Å². The van der Waals surface area contributed by atoms with Crippen LogP contribution in [0.25, 0.3) is 0 Å². The largest absolute Gasteiger partial charge is 0.459 e. The molecule has 0 radical (unpaired) electrons. The molecule has 0 saturated carbocycles. The van der Waals surface area contributed by atoms with Crippen molar-refractivity contribution >= 4 is 11.9 Å². The number of ether oxygens (including phenoxy) is 2. The minimum Gasteiger partial charge on any atom is -0.459 e. The molecule has 0 bridgehead atoms. The van der Waals surface area contributed by atoms with Crippen molar-refractivity contribution in [2.45, 2.75) is 39.3 Å². The van der Waals surface area contributed by atoms with Gasteiger partial charge in [0.05, 0.1) is 19.2 Å². The van der Waals surface area contributed by atoms with Crippen molar-refractivity contribution in [2.75, 3.05) is 26.8 Å². The smallest absolute Gasteiger partial charge is 0.320 e. The Hall–Kier alpha value is -1.14. The van der Waals surface area contributed by atoms with E-state index in [1.807, 2.05) is 0 Å². The molecule has 0 fully saturated rings. The SMILES string of the molecule is COCCN(CC(=O)OC(C)(C)C)C(C)C(N)=O. The monoisotopic (exact) mass is 260 g/mol. The molecule has 6 nitrogen and oxygen atoms in total. The normalized spacial score (nSPS) is 13.4. The summed E-state index contributed by atoms with van der Waals surface area (Å²) in [5, 5.41) is 0. The minimum absolute atomic E-state index is 0.0186. The second kappa shape index (κ2) is 7.33. The van der Waals surface area contributed by atoms with Crippen LogP contribution in [0.4, 0.5) is 0 Å². The Labute approximate surface area is 108 Å². The van der Waals surface area contributed by atoms with Crippen LogP contribution in [0.5, 0.6) is 0 Å². The first-order chi connectivity index (χ1) is 8.17. The van der Waals surface area contributed by atoms with Crippen LogP contribution in [-0.4, -0.2) is 55.2 Å². The number of methoxy groups -OCH3 is 1. The van der Waals surface area contributed by atoms with Gasteiger partial charge in [-0.1, -0.05) is 0 Å². The fourth-order valence-corrected chi connectivity index (χ4v) is 1.34. The third kappa shape index (κ3) is 7.24. The van der Waals surface area contributed by atoms with Crippen molar-refractivity contribution in [3.63, 3.8) is 0 Å². The number of hydrogen-bond acceptors (Lipinski definition) is 5. The molecule has 2 N–H and O–H groups in total. The van der Waals surface area contributed by atoms with Gasteiger partial charge in [-0.05, 0) is 27.7 Å². The first kappa shape index (κ1) is 16.9. The third-order valence-corrected chi connectivity index (χ3v) is 2.29. The molecular weight excluding hydrogens is 236 g/mol.